The highest BCUT2D eigenvalue weighted by Crippen LogP contribution is 2.48. The van der Waals surface area contributed by atoms with Crippen LogP contribution in [0.2, 0.25) is 0 Å². The first-order chi connectivity index (χ1) is 6.92. The third-order valence-corrected chi connectivity index (χ3v) is 3.18. The van der Waals surface area contributed by atoms with Crippen molar-refractivity contribution < 1.29 is 0 Å². The van der Waals surface area contributed by atoms with Gasteiger partial charge in [0.15, 0.2) is 0 Å². The zero-order valence-corrected chi connectivity index (χ0v) is 9.78. The van der Waals surface area contributed by atoms with Crippen LogP contribution < -0.4 is 0 Å². The molecule has 0 aliphatic heterocycles. The van der Waals surface area contributed by atoms with Gasteiger partial charge in [-0.3, -0.25) is 0 Å². The van der Waals surface area contributed by atoms with Gasteiger partial charge in [0.1, 0.15) is 0 Å². The summed E-state index contributed by atoms with van der Waals surface area (Å²) in [6.45, 7) is 0. The lowest BCUT2D eigenvalue weighted by Crippen LogP contribution is -1.79. The fraction of sp³-hybridized carbons (Fsp3) is 0.385. The van der Waals surface area contributed by atoms with Crippen molar-refractivity contribution in [3.05, 3.63) is 48.0 Å². The van der Waals surface area contributed by atoms with Gasteiger partial charge in [-0.15, -0.1) is 0 Å². The summed E-state index contributed by atoms with van der Waals surface area (Å²) in [7, 11) is 0. The Morgan fingerprint density at radius 2 is 2.07 bits per heavy atom. The second-order valence-corrected chi connectivity index (χ2v) is 4.62. The predicted octanol–water partition coefficient (Wildman–Crippen LogP) is 4.13. The topological polar surface area (TPSA) is 0 Å². The lowest BCUT2D eigenvalue weighted by molar-refractivity contribution is 1.00. The van der Waals surface area contributed by atoms with E-state index in [0.717, 1.165) is 23.6 Å². The molecule has 14 heavy (non-hydrogen) atoms. The smallest absolute Gasteiger partial charge is 0.00659 e. The van der Waals surface area contributed by atoms with Crippen LogP contribution in [0.1, 0.15) is 24.3 Å². The van der Waals surface area contributed by atoms with Crippen LogP contribution in [0.25, 0.3) is 0 Å². The molecule has 2 atom stereocenters. The van der Waals surface area contributed by atoms with Gasteiger partial charge in [-0.1, -0.05) is 58.4 Å². The molecule has 0 spiro atoms. The van der Waals surface area contributed by atoms with E-state index >= 15 is 0 Å². The summed E-state index contributed by atoms with van der Waals surface area (Å²) in [4.78, 5) is 0. The number of hydrogen-bond acceptors (Lipinski definition) is 0. The molecule has 1 heteroatoms. The first kappa shape index (κ1) is 9.97. The van der Waals surface area contributed by atoms with Crippen LogP contribution in [0, 0.1) is 5.92 Å². The summed E-state index contributed by atoms with van der Waals surface area (Å²) < 4.78 is 0. The molecule has 0 heterocycles. The number of allylic oxidation sites excluding steroid dienone is 2. The van der Waals surface area contributed by atoms with Crippen LogP contribution in [-0.4, -0.2) is 5.33 Å². The molecule has 0 aromatic heterocycles. The highest BCUT2D eigenvalue weighted by Gasteiger charge is 2.35. The molecule has 1 fully saturated rings. The highest BCUT2D eigenvalue weighted by molar-refractivity contribution is 9.09. The van der Waals surface area contributed by atoms with E-state index in [0.29, 0.717) is 0 Å². The Bertz CT molecular complexity index is 302. The van der Waals surface area contributed by atoms with E-state index in [1.807, 2.05) is 0 Å². The largest absolute Gasteiger partial charge is 0.0925 e. The van der Waals surface area contributed by atoms with Crippen molar-refractivity contribution in [3.8, 4) is 0 Å². The third-order valence-electron chi connectivity index (χ3n) is 2.73. The van der Waals surface area contributed by atoms with Gasteiger partial charge in [-0.25, -0.2) is 0 Å². The van der Waals surface area contributed by atoms with Crippen molar-refractivity contribution in [2.24, 2.45) is 5.92 Å². The summed E-state index contributed by atoms with van der Waals surface area (Å²) in [6.07, 6.45) is 7.15. The van der Waals surface area contributed by atoms with E-state index in [9.17, 15) is 0 Å². The first-order valence-corrected chi connectivity index (χ1v) is 6.31. The van der Waals surface area contributed by atoms with Gasteiger partial charge >= 0.3 is 0 Å². The molecule has 2 rings (SSSR count). The maximum Gasteiger partial charge on any atom is 0.00659 e. The van der Waals surface area contributed by atoms with Crippen molar-refractivity contribution in [2.75, 3.05) is 5.33 Å². The summed E-state index contributed by atoms with van der Waals surface area (Å²) in [5.74, 6) is 1.60. The summed E-state index contributed by atoms with van der Waals surface area (Å²) in [5, 5.41) is 1.08. The van der Waals surface area contributed by atoms with Crippen LogP contribution in [0.4, 0.5) is 0 Å². The first-order valence-electron chi connectivity index (χ1n) is 5.19. The molecule has 1 aliphatic carbocycles. The second kappa shape index (κ2) is 4.79. The maximum atomic E-state index is 3.43. The molecule has 1 saturated carbocycles. The van der Waals surface area contributed by atoms with E-state index in [1.165, 1.54) is 12.0 Å². The molecule has 1 aliphatic rings. The van der Waals surface area contributed by atoms with Gasteiger partial charge in [0, 0.05) is 5.33 Å². The van der Waals surface area contributed by atoms with Gasteiger partial charge in [0.2, 0.25) is 0 Å². The summed E-state index contributed by atoms with van der Waals surface area (Å²) in [6, 6.07) is 10.8. The standard InChI is InChI=1S/C13H15Br/c14-9-5-4-8-12-10-13(12)11-6-2-1-3-7-11/h1-4,6-8,12-13H,5,9-10H2/b8-4+. The molecule has 1 aromatic rings. The predicted molar refractivity (Wildman–Crippen MR) is 64.8 cm³/mol. The molecular formula is C13H15Br. The Morgan fingerprint density at radius 3 is 2.79 bits per heavy atom. The molecule has 0 bridgehead atoms. The molecule has 0 N–H and O–H groups in total. The minimum Gasteiger partial charge on any atom is -0.0925 e. The monoisotopic (exact) mass is 250 g/mol. The summed E-state index contributed by atoms with van der Waals surface area (Å²) in [5.41, 5.74) is 1.50. The normalized spacial score (nSPS) is 25.5. The van der Waals surface area contributed by atoms with E-state index < -0.39 is 0 Å². The number of alkyl halides is 1. The van der Waals surface area contributed by atoms with Gasteiger partial charge < -0.3 is 0 Å². The van der Waals surface area contributed by atoms with Crippen LogP contribution in [0.15, 0.2) is 42.5 Å². The Labute approximate surface area is 94.2 Å². The SMILES string of the molecule is BrCC/C=C/C1CC1c1ccccc1. The lowest BCUT2D eigenvalue weighted by Gasteiger charge is -1.95. The number of halogens is 1. The second-order valence-electron chi connectivity index (χ2n) is 3.82. The summed E-state index contributed by atoms with van der Waals surface area (Å²) >= 11 is 3.43. The lowest BCUT2D eigenvalue weighted by atomic mass is 10.1. The Balaban J connectivity index is 1.87. The van der Waals surface area contributed by atoms with Crippen LogP contribution in [0.5, 0.6) is 0 Å². The fourth-order valence-corrected chi connectivity index (χ4v) is 2.11. The zero-order valence-electron chi connectivity index (χ0n) is 8.20. The molecule has 0 nitrogen and oxygen atoms in total. The fourth-order valence-electron chi connectivity index (χ4n) is 1.84. The molecule has 0 saturated heterocycles. The average molecular weight is 251 g/mol. The molecular weight excluding hydrogens is 236 g/mol. The molecule has 74 valence electrons. The molecule has 0 amide bonds. The molecule has 1 aromatic carbocycles. The van der Waals surface area contributed by atoms with Crippen LogP contribution in [0.3, 0.4) is 0 Å². The Morgan fingerprint density at radius 1 is 1.29 bits per heavy atom. The minimum atomic E-state index is 0.794. The van der Waals surface area contributed by atoms with Gasteiger partial charge in [0.05, 0.1) is 0 Å². The van der Waals surface area contributed by atoms with Gasteiger partial charge in [0.25, 0.3) is 0 Å². The van der Waals surface area contributed by atoms with Crippen molar-refractivity contribution in [1.29, 1.82) is 0 Å². The van der Waals surface area contributed by atoms with Crippen molar-refractivity contribution in [1.82, 2.24) is 0 Å². The van der Waals surface area contributed by atoms with E-state index in [1.54, 1.807) is 0 Å². The van der Waals surface area contributed by atoms with Crippen molar-refractivity contribution >= 4 is 15.9 Å². The van der Waals surface area contributed by atoms with E-state index in [-0.39, 0.29) is 0 Å². The number of hydrogen-bond donors (Lipinski definition) is 0. The van der Waals surface area contributed by atoms with Crippen LogP contribution in [-0.2, 0) is 0 Å². The number of benzene rings is 1. The van der Waals surface area contributed by atoms with Crippen molar-refractivity contribution in [2.45, 2.75) is 18.8 Å². The van der Waals surface area contributed by atoms with Gasteiger partial charge in [-0.05, 0) is 30.2 Å². The molecule has 0 radical (unpaired) electrons. The van der Waals surface area contributed by atoms with Gasteiger partial charge in [-0.2, -0.15) is 0 Å². The average Bonchev–Trinajstić information content (AvgIpc) is 2.99. The highest BCUT2D eigenvalue weighted by atomic mass is 79.9. The maximum absolute atomic E-state index is 3.43. The zero-order chi connectivity index (χ0) is 9.80. The van der Waals surface area contributed by atoms with Crippen molar-refractivity contribution in [3.63, 3.8) is 0 Å². The van der Waals surface area contributed by atoms with Crippen LogP contribution >= 0.6 is 15.9 Å². The minimum absolute atomic E-state index is 0.794. The Kier molecular flexibility index (Phi) is 3.41. The van der Waals surface area contributed by atoms with E-state index in [2.05, 4.69) is 58.4 Å². The number of rotatable bonds is 4. The Hall–Kier alpha value is -0.560. The van der Waals surface area contributed by atoms with E-state index in [4.69, 9.17) is 0 Å². The molecule has 2 unspecified atom stereocenters. The quantitative estimate of drug-likeness (QED) is 0.557. The third kappa shape index (κ3) is 2.48.